The fourth-order valence-electron chi connectivity index (χ4n) is 3.00. The summed E-state index contributed by atoms with van der Waals surface area (Å²) < 4.78 is 0. The van der Waals surface area contributed by atoms with E-state index in [9.17, 15) is 20.2 Å². The molecular formula is C22H16Br2N2O4. The van der Waals surface area contributed by atoms with E-state index in [-0.39, 0.29) is 16.2 Å². The van der Waals surface area contributed by atoms with Gasteiger partial charge in [-0.05, 0) is 23.3 Å². The SMILES string of the molecule is O=[N+]([O-])c1cc([N+](=O)[O-])c([C@H](Br)[C@@H](Br)c2ccccc2)cc1C=Cc1ccccc1. The summed E-state index contributed by atoms with van der Waals surface area (Å²) in [5.74, 6) is 0. The summed E-state index contributed by atoms with van der Waals surface area (Å²) in [7, 11) is 0. The molecule has 8 heteroatoms. The number of nitro benzene ring substituents is 2. The van der Waals surface area contributed by atoms with Crippen LogP contribution in [0.2, 0.25) is 0 Å². The molecule has 0 N–H and O–H groups in total. The number of rotatable bonds is 7. The highest BCUT2D eigenvalue weighted by molar-refractivity contribution is 9.12. The number of nitro groups is 2. The molecule has 0 saturated heterocycles. The van der Waals surface area contributed by atoms with Crippen LogP contribution in [0, 0.1) is 20.2 Å². The van der Waals surface area contributed by atoms with Crippen molar-refractivity contribution in [2.45, 2.75) is 9.65 Å². The standard InChI is InChI=1S/C22H16Br2N2O4/c23-21(16-9-5-2-6-10-16)22(24)18-13-17(12-11-15-7-3-1-4-8-15)19(25(27)28)14-20(18)26(29)30/h1-14,21-22H/t21-,22-/m0/s1. The van der Waals surface area contributed by atoms with E-state index in [2.05, 4.69) is 31.9 Å². The first kappa shape index (κ1) is 21.9. The number of nitrogens with zero attached hydrogens (tertiary/aromatic N) is 2. The molecule has 6 nitrogen and oxygen atoms in total. The quantitative estimate of drug-likeness (QED) is 0.139. The Balaban J connectivity index is 2.10. The second kappa shape index (κ2) is 9.77. The van der Waals surface area contributed by atoms with Crippen LogP contribution in [0.4, 0.5) is 11.4 Å². The van der Waals surface area contributed by atoms with Crippen molar-refractivity contribution in [2.24, 2.45) is 0 Å². The molecule has 3 aromatic carbocycles. The molecule has 0 aliphatic rings. The monoisotopic (exact) mass is 530 g/mol. The smallest absolute Gasteiger partial charge is 0.258 e. The van der Waals surface area contributed by atoms with Crippen LogP contribution in [0.1, 0.15) is 31.9 Å². The van der Waals surface area contributed by atoms with Gasteiger partial charge in [0.15, 0.2) is 0 Å². The van der Waals surface area contributed by atoms with Gasteiger partial charge in [0.1, 0.15) is 0 Å². The Kier molecular flexibility index (Phi) is 7.12. The molecule has 3 aromatic rings. The zero-order valence-corrected chi connectivity index (χ0v) is 18.7. The van der Waals surface area contributed by atoms with Gasteiger partial charge < -0.3 is 0 Å². The topological polar surface area (TPSA) is 86.3 Å². The fourth-order valence-corrected chi connectivity index (χ4v) is 4.26. The van der Waals surface area contributed by atoms with Gasteiger partial charge in [-0.1, -0.05) is 98.6 Å². The first-order valence-corrected chi connectivity index (χ1v) is 10.7. The fraction of sp³-hybridized carbons (Fsp3) is 0.0909. The Morgan fingerprint density at radius 3 is 1.87 bits per heavy atom. The van der Waals surface area contributed by atoms with E-state index in [1.807, 2.05) is 60.7 Å². The Morgan fingerprint density at radius 2 is 1.30 bits per heavy atom. The molecule has 0 bridgehead atoms. The summed E-state index contributed by atoms with van der Waals surface area (Å²) in [6.45, 7) is 0. The van der Waals surface area contributed by atoms with Gasteiger partial charge in [0.25, 0.3) is 11.4 Å². The Hall–Kier alpha value is -2.84. The molecule has 0 radical (unpaired) electrons. The molecule has 0 aliphatic carbocycles. The number of halogens is 2. The van der Waals surface area contributed by atoms with Crippen molar-refractivity contribution in [3.8, 4) is 0 Å². The molecule has 2 atom stereocenters. The minimum atomic E-state index is -0.604. The van der Waals surface area contributed by atoms with Crippen molar-refractivity contribution in [2.75, 3.05) is 0 Å². The number of benzene rings is 3. The molecule has 0 fully saturated rings. The number of alkyl halides is 2. The lowest BCUT2D eigenvalue weighted by atomic mass is 9.98. The third-order valence-corrected chi connectivity index (χ3v) is 7.29. The Bertz CT molecular complexity index is 1090. The van der Waals surface area contributed by atoms with E-state index in [0.29, 0.717) is 11.1 Å². The van der Waals surface area contributed by atoms with Gasteiger partial charge in [-0.2, -0.15) is 0 Å². The normalized spacial score (nSPS) is 13.1. The third kappa shape index (κ3) is 5.01. The summed E-state index contributed by atoms with van der Waals surface area (Å²) >= 11 is 7.15. The van der Waals surface area contributed by atoms with Crippen molar-refractivity contribution >= 4 is 55.4 Å². The zero-order chi connectivity index (χ0) is 21.7. The van der Waals surface area contributed by atoms with Crippen LogP contribution in [0.3, 0.4) is 0 Å². The van der Waals surface area contributed by atoms with Crippen LogP contribution in [0.15, 0.2) is 72.8 Å². The van der Waals surface area contributed by atoms with Crippen LogP contribution in [0.25, 0.3) is 12.2 Å². The second-order valence-electron chi connectivity index (χ2n) is 6.44. The van der Waals surface area contributed by atoms with E-state index in [1.54, 1.807) is 12.2 Å². The van der Waals surface area contributed by atoms with Crippen molar-refractivity contribution < 1.29 is 9.85 Å². The van der Waals surface area contributed by atoms with Crippen LogP contribution >= 0.6 is 31.9 Å². The minimum absolute atomic E-state index is 0.273. The first-order chi connectivity index (χ1) is 14.4. The summed E-state index contributed by atoms with van der Waals surface area (Å²) in [6, 6.07) is 21.3. The van der Waals surface area contributed by atoms with Crippen molar-refractivity contribution in [1.29, 1.82) is 0 Å². The predicted octanol–water partition coefficient (Wildman–Crippen LogP) is 7.25. The maximum Gasteiger partial charge on any atom is 0.283 e. The lowest BCUT2D eigenvalue weighted by Crippen LogP contribution is -2.05. The summed E-state index contributed by atoms with van der Waals surface area (Å²) in [5.41, 5.74) is 1.81. The van der Waals surface area contributed by atoms with Gasteiger partial charge in [0, 0.05) is 5.56 Å². The number of hydrogen-bond donors (Lipinski definition) is 0. The first-order valence-electron chi connectivity index (χ1n) is 8.91. The van der Waals surface area contributed by atoms with Gasteiger partial charge >= 0.3 is 0 Å². The minimum Gasteiger partial charge on any atom is -0.258 e. The van der Waals surface area contributed by atoms with E-state index >= 15 is 0 Å². The molecule has 0 aliphatic heterocycles. The summed E-state index contributed by atoms with van der Waals surface area (Å²) in [4.78, 5) is 21.3. The average molecular weight is 532 g/mol. The van der Waals surface area contributed by atoms with E-state index < -0.39 is 14.7 Å². The molecule has 152 valence electrons. The van der Waals surface area contributed by atoms with E-state index in [1.165, 1.54) is 6.07 Å². The maximum atomic E-state index is 11.7. The van der Waals surface area contributed by atoms with Crippen LogP contribution in [-0.4, -0.2) is 9.85 Å². The average Bonchev–Trinajstić information content (AvgIpc) is 2.77. The molecular weight excluding hydrogens is 516 g/mol. The maximum absolute atomic E-state index is 11.7. The highest BCUT2D eigenvalue weighted by Crippen LogP contribution is 2.46. The van der Waals surface area contributed by atoms with Crippen molar-refractivity contribution in [3.05, 3.63) is 115 Å². The van der Waals surface area contributed by atoms with Crippen LogP contribution in [-0.2, 0) is 0 Å². The molecule has 0 heterocycles. The second-order valence-corrected chi connectivity index (χ2v) is 8.42. The highest BCUT2D eigenvalue weighted by Gasteiger charge is 2.30. The Labute approximate surface area is 189 Å². The Morgan fingerprint density at radius 1 is 0.733 bits per heavy atom. The third-order valence-electron chi connectivity index (χ3n) is 4.50. The molecule has 0 amide bonds. The van der Waals surface area contributed by atoms with Gasteiger partial charge in [0.2, 0.25) is 0 Å². The van der Waals surface area contributed by atoms with E-state index in [4.69, 9.17) is 0 Å². The molecule has 0 saturated carbocycles. The molecule has 0 unspecified atom stereocenters. The molecule has 3 rings (SSSR count). The van der Waals surface area contributed by atoms with Crippen LogP contribution < -0.4 is 0 Å². The molecule has 0 aromatic heterocycles. The highest BCUT2D eigenvalue weighted by atomic mass is 79.9. The summed E-state index contributed by atoms with van der Waals surface area (Å²) in [5, 5.41) is 23.3. The van der Waals surface area contributed by atoms with Gasteiger partial charge in [0.05, 0.1) is 31.1 Å². The van der Waals surface area contributed by atoms with Gasteiger partial charge in [-0.25, -0.2) is 0 Å². The number of hydrogen-bond acceptors (Lipinski definition) is 4. The van der Waals surface area contributed by atoms with Crippen LogP contribution in [0.5, 0.6) is 0 Å². The van der Waals surface area contributed by atoms with Crippen molar-refractivity contribution in [3.63, 3.8) is 0 Å². The predicted molar refractivity (Wildman–Crippen MR) is 125 cm³/mol. The molecule has 0 spiro atoms. The zero-order valence-electron chi connectivity index (χ0n) is 15.5. The van der Waals surface area contributed by atoms with Gasteiger partial charge in [-0.15, -0.1) is 0 Å². The van der Waals surface area contributed by atoms with E-state index in [0.717, 1.165) is 17.2 Å². The van der Waals surface area contributed by atoms with Gasteiger partial charge in [-0.3, -0.25) is 20.2 Å². The summed E-state index contributed by atoms with van der Waals surface area (Å²) in [6.07, 6.45) is 3.34. The lowest BCUT2D eigenvalue weighted by Gasteiger charge is -2.18. The largest absolute Gasteiger partial charge is 0.283 e. The lowest BCUT2D eigenvalue weighted by molar-refractivity contribution is -0.394. The molecule has 30 heavy (non-hydrogen) atoms. The van der Waals surface area contributed by atoms with Crippen molar-refractivity contribution in [1.82, 2.24) is 0 Å².